The van der Waals surface area contributed by atoms with Gasteiger partial charge < -0.3 is 30.0 Å². The van der Waals surface area contributed by atoms with Crippen molar-refractivity contribution in [3.05, 3.63) is 0 Å². The van der Waals surface area contributed by atoms with Gasteiger partial charge in [0.1, 0.15) is 11.7 Å². The van der Waals surface area contributed by atoms with E-state index in [0.29, 0.717) is 0 Å². The molecule has 0 spiro atoms. The van der Waals surface area contributed by atoms with Crippen LogP contribution in [0.3, 0.4) is 0 Å². The van der Waals surface area contributed by atoms with E-state index in [1.165, 1.54) is 6.92 Å². The molecular weight excluding hydrogens is 168 g/mol. The van der Waals surface area contributed by atoms with Crippen LogP contribution in [0.25, 0.3) is 0 Å². The lowest BCUT2D eigenvalue weighted by molar-refractivity contribution is -0.345. The van der Waals surface area contributed by atoms with Gasteiger partial charge in [0.15, 0.2) is 0 Å². The van der Waals surface area contributed by atoms with Crippen LogP contribution in [-0.4, -0.2) is 33.9 Å². The van der Waals surface area contributed by atoms with Crippen molar-refractivity contribution in [2.45, 2.75) is 25.0 Å². The molecule has 0 radical (unpaired) electrons. The van der Waals surface area contributed by atoms with Crippen LogP contribution < -0.4 is 10.2 Å². The van der Waals surface area contributed by atoms with E-state index in [9.17, 15) is 19.8 Å². The van der Waals surface area contributed by atoms with Crippen LogP contribution in [0.5, 0.6) is 0 Å². The highest BCUT2D eigenvalue weighted by atomic mass is 16.4. The molecule has 2 N–H and O–H groups in total. The molecule has 0 amide bonds. The first kappa shape index (κ1) is 10.9. The molecule has 0 rings (SSSR count). The van der Waals surface area contributed by atoms with Crippen molar-refractivity contribution in [1.29, 1.82) is 0 Å². The molecule has 0 heterocycles. The van der Waals surface area contributed by atoms with Gasteiger partial charge in [-0.15, -0.1) is 0 Å². The maximum Gasteiger partial charge on any atom is 0.135 e. The second kappa shape index (κ2) is 3.51. The minimum Gasteiger partial charge on any atom is -0.547 e. The third kappa shape index (κ3) is 1.72. The fraction of sp³-hybridized carbons (Fsp3) is 0.667. The van der Waals surface area contributed by atoms with E-state index in [4.69, 9.17) is 10.2 Å². The van der Waals surface area contributed by atoms with Crippen molar-refractivity contribution >= 4 is 11.9 Å². The van der Waals surface area contributed by atoms with E-state index < -0.39 is 30.1 Å². The third-order valence-electron chi connectivity index (χ3n) is 1.57. The molecule has 2 unspecified atom stereocenters. The summed E-state index contributed by atoms with van der Waals surface area (Å²) >= 11 is 0. The van der Waals surface area contributed by atoms with Crippen molar-refractivity contribution < 1.29 is 30.0 Å². The summed E-state index contributed by atoms with van der Waals surface area (Å²) in [6.45, 7) is 1.20. The Labute approximate surface area is 68.1 Å². The van der Waals surface area contributed by atoms with Crippen LogP contribution in [0, 0.1) is 0 Å². The van der Waals surface area contributed by atoms with E-state index in [1.807, 2.05) is 0 Å². The van der Waals surface area contributed by atoms with Gasteiger partial charge in [0, 0.05) is 0 Å². The number of carboxylic acid groups (broad SMARTS) is 2. The van der Waals surface area contributed by atoms with Crippen LogP contribution in [0.4, 0.5) is 0 Å². The normalized spacial score (nSPS) is 17.9. The molecule has 0 aliphatic carbocycles. The largest absolute Gasteiger partial charge is 0.547 e. The number of carbonyl (C=O) groups excluding carboxylic acids is 2. The van der Waals surface area contributed by atoms with E-state index in [-0.39, 0.29) is 0 Å². The molecule has 0 aliphatic heterocycles. The number of aliphatic carboxylic acids is 2. The lowest BCUT2D eigenvalue weighted by Crippen LogP contribution is -2.61. The zero-order valence-corrected chi connectivity index (χ0v) is 6.31. The third-order valence-corrected chi connectivity index (χ3v) is 1.57. The second-order valence-electron chi connectivity index (χ2n) is 2.29. The Morgan fingerprint density at radius 3 is 2.00 bits per heavy atom. The Morgan fingerprint density at radius 1 is 1.50 bits per heavy atom. The fourth-order valence-corrected chi connectivity index (χ4v) is 0.644. The minimum absolute atomic E-state index is 0.482. The Balaban J connectivity index is 4.75. The molecule has 0 aromatic carbocycles. The van der Waals surface area contributed by atoms with Crippen molar-refractivity contribution in [3.63, 3.8) is 0 Å². The molecule has 0 aromatic rings. The number of aliphatic hydroxyl groups excluding tert-OH is 1. The zero-order chi connectivity index (χ0) is 9.94. The Hall–Kier alpha value is -1.14. The molecule has 0 aromatic heterocycles. The van der Waals surface area contributed by atoms with Crippen molar-refractivity contribution in [2.24, 2.45) is 0 Å². The summed E-state index contributed by atoms with van der Waals surface area (Å²) in [4.78, 5) is 20.2. The van der Waals surface area contributed by atoms with Crippen LogP contribution in [0.15, 0.2) is 0 Å². The summed E-state index contributed by atoms with van der Waals surface area (Å²) in [7, 11) is 0. The monoisotopic (exact) mass is 176 g/mol. The number of rotatable bonds is 4. The predicted octanol–water partition coefficient (Wildman–Crippen LogP) is -4.01. The van der Waals surface area contributed by atoms with Gasteiger partial charge in [0.05, 0.1) is 11.9 Å². The number of carboxylic acids is 2. The highest BCUT2D eigenvalue weighted by Crippen LogP contribution is 2.13. The van der Waals surface area contributed by atoms with Crippen molar-refractivity contribution in [1.82, 2.24) is 0 Å². The summed E-state index contributed by atoms with van der Waals surface area (Å²) in [6.07, 6.45) is -2.96. The molecule has 2 atom stereocenters. The molecule has 6 heteroatoms. The summed E-state index contributed by atoms with van der Waals surface area (Å²) < 4.78 is 0. The van der Waals surface area contributed by atoms with Crippen LogP contribution in [0.2, 0.25) is 0 Å². The minimum atomic E-state index is -2.78. The quantitative estimate of drug-likeness (QED) is 0.450. The van der Waals surface area contributed by atoms with Gasteiger partial charge in [-0.3, -0.25) is 0 Å². The molecule has 6 nitrogen and oxygen atoms in total. The molecule has 70 valence electrons. The maximum atomic E-state index is 10.2. The van der Waals surface area contributed by atoms with Gasteiger partial charge in [0.2, 0.25) is 0 Å². The first-order valence-electron chi connectivity index (χ1n) is 3.19. The molecule has 0 saturated carbocycles. The number of hydrogen-bond donors (Lipinski definition) is 2. The summed E-state index contributed by atoms with van der Waals surface area (Å²) in [5.74, 6) is -4.09. The average Bonchev–Trinajstić information content (AvgIpc) is 2.01. The van der Waals surface area contributed by atoms with Crippen LogP contribution in [-0.2, 0) is 9.59 Å². The lowest BCUT2D eigenvalue weighted by Gasteiger charge is -2.33. The van der Waals surface area contributed by atoms with E-state index in [1.54, 1.807) is 0 Å². The molecule has 0 saturated heterocycles. The number of aliphatic hydroxyl groups is 2. The fourth-order valence-electron chi connectivity index (χ4n) is 0.644. The van der Waals surface area contributed by atoms with Gasteiger partial charge in [-0.1, -0.05) is 6.92 Å². The van der Waals surface area contributed by atoms with Crippen LogP contribution >= 0.6 is 0 Å². The highest BCUT2D eigenvalue weighted by molar-refractivity contribution is 5.84. The van der Waals surface area contributed by atoms with Crippen molar-refractivity contribution in [3.8, 4) is 0 Å². The van der Waals surface area contributed by atoms with Crippen molar-refractivity contribution in [2.75, 3.05) is 0 Å². The topological polar surface area (TPSA) is 121 Å². The Bertz CT molecular complexity index is 200. The number of carbonyl (C=O) groups is 2. The van der Waals surface area contributed by atoms with Gasteiger partial charge >= 0.3 is 0 Å². The van der Waals surface area contributed by atoms with Gasteiger partial charge in [0.25, 0.3) is 0 Å². The van der Waals surface area contributed by atoms with E-state index >= 15 is 0 Å². The summed E-state index contributed by atoms with van der Waals surface area (Å²) in [5, 5.41) is 37.9. The van der Waals surface area contributed by atoms with E-state index in [2.05, 4.69) is 0 Å². The Morgan fingerprint density at radius 2 is 1.92 bits per heavy atom. The molecule has 12 heavy (non-hydrogen) atoms. The SMILES string of the molecule is CCC(O)(C(=O)[O-])C(O)C(=O)[O-]. The Kier molecular flexibility index (Phi) is 3.17. The summed E-state index contributed by atoms with van der Waals surface area (Å²) in [5.41, 5.74) is -2.78. The van der Waals surface area contributed by atoms with Gasteiger partial charge in [-0.2, -0.15) is 0 Å². The average molecular weight is 176 g/mol. The zero-order valence-electron chi connectivity index (χ0n) is 6.31. The van der Waals surface area contributed by atoms with Gasteiger partial charge in [-0.25, -0.2) is 0 Å². The van der Waals surface area contributed by atoms with Crippen LogP contribution in [0.1, 0.15) is 13.3 Å². The second-order valence-corrected chi connectivity index (χ2v) is 2.29. The maximum absolute atomic E-state index is 10.2. The highest BCUT2D eigenvalue weighted by Gasteiger charge is 2.36. The van der Waals surface area contributed by atoms with Gasteiger partial charge in [-0.05, 0) is 6.42 Å². The summed E-state index contributed by atoms with van der Waals surface area (Å²) in [6, 6.07) is 0. The smallest absolute Gasteiger partial charge is 0.135 e. The molecule has 0 fully saturated rings. The first-order valence-corrected chi connectivity index (χ1v) is 3.19. The number of hydrogen-bond acceptors (Lipinski definition) is 6. The molecule has 0 bridgehead atoms. The molecule has 0 aliphatic rings. The first-order chi connectivity index (χ1) is 5.36. The molecular formula is C6H8O6-2. The standard InChI is InChI=1S/C6H10O6/c1-2-6(12,5(10)11)3(7)4(8)9/h3,7,12H,2H2,1H3,(H,8,9)(H,10,11)/p-2. The predicted molar refractivity (Wildman–Crippen MR) is 31.3 cm³/mol. The lowest BCUT2D eigenvalue weighted by atomic mass is 9.94. The van der Waals surface area contributed by atoms with E-state index in [0.717, 1.165) is 0 Å².